The fourth-order valence-corrected chi connectivity index (χ4v) is 3.82. The number of amides is 1. The molecular formula is C21H24FN3O6. The zero-order chi connectivity index (χ0) is 21.8. The van der Waals surface area contributed by atoms with Crippen molar-refractivity contribution in [2.24, 2.45) is 0 Å². The number of benzene rings is 1. The maximum atomic E-state index is 15.0. The lowest BCUT2D eigenvalue weighted by Crippen LogP contribution is -2.42. The van der Waals surface area contributed by atoms with Gasteiger partial charge in [0.2, 0.25) is 0 Å². The number of aromatic nitrogens is 1. The van der Waals surface area contributed by atoms with Crippen molar-refractivity contribution in [2.75, 3.05) is 44.4 Å². The molecule has 10 heteroatoms. The molecule has 2 aromatic rings. The number of ether oxygens (including phenoxy) is 2. The molecule has 3 heterocycles. The van der Waals surface area contributed by atoms with Gasteiger partial charge < -0.3 is 24.2 Å². The number of nitrogens with zero attached hydrogens (tertiary/aromatic N) is 3. The van der Waals surface area contributed by atoms with Gasteiger partial charge in [0.25, 0.3) is 5.88 Å². The number of carbonyl (C=O) groups excluding carboxylic acids is 1. The fourth-order valence-electron chi connectivity index (χ4n) is 3.82. The van der Waals surface area contributed by atoms with Gasteiger partial charge in [0.1, 0.15) is 31.3 Å². The predicted molar refractivity (Wildman–Crippen MR) is 108 cm³/mol. The van der Waals surface area contributed by atoms with Crippen LogP contribution in [0.1, 0.15) is 12.0 Å². The molecule has 4 rings (SSSR count). The highest BCUT2D eigenvalue weighted by Gasteiger charge is 2.35. The number of rotatable bonds is 8. The topological polar surface area (TPSA) is 108 Å². The van der Waals surface area contributed by atoms with Gasteiger partial charge in [-0.05, 0) is 35.3 Å². The number of hydrogen-bond acceptors (Lipinski definition) is 8. The summed E-state index contributed by atoms with van der Waals surface area (Å²) in [5.41, 5.74) is 1.71. The van der Waals surface area contributed by atoms with E-state index in [0.29, 0.717) is 36.6 Å². The van der Waals surface area contributed by atoms with Gasteiger partial charge in [0, 0.05) is 24.7 Å². The molecule has 0 radical (unpaired) electrons. The number of hydrogen-bond donors (Lipinski definition) is 2. The van der Waals surface area contributed by atoms with Gasteiger partial charge in [-0.2, -0.15) is 0 Å². The highest BCUT2D eigenvalue weighted by atomic mass is 19.1. The average molecular weight is 433 g/mol. The molecule has 1 saturated heterocycles. The van der Waals surface area contributed by atoms with Crippen molar-refractivity contribution in [2.45, 2.75) is 18.5 Å². The summed E-state index contributed by atoms with van der Waals surface area (Å²) in [6.45, 7) is 1.12. The van der Waals surface area contributed by atoms with Crippen molar-refractivity contribution in [1.29, 1.82) is 0 Å². The fraction of sp³-hybridized carbons (Fsp3) is 0.429. The minimum absolute atomic E-state index is 0.123. The zero-order valence-electron chi connectivity index (χ0n) is 16.8. The van der Waals surface area contributed by atoms with Crippen LogP contribution < -0.4 is 9.64 Å². The Hall–Kier alpha value is -2.95. The van der Waals surface area contributed by atoms with E-state index in [9.17, 15) is 19.4 Å². The lowest BCUT2D eigenvalue weighted by atomic mass is 9.97. The lowest BCUT2D eigenvalue weighted by molar-refractivity contribution is 0.0813. The zero-order valence-corrected chi connectivity index (χ0v) is 16.8. The van der Waals surface area contributed by atoms with Crippen LogP contribution in [0, 0.1) is 5.82 Å². The Bertz CT molecular complexity index is 931. The molecule has 1 amide bonds. The summed E-state index contributed by atoms with van der Waals surface area (Å²) in [4.78, 5) is 15.6. The van der Waals surface area contributed by atoms with Crippen LogP contribution >= 0.6 is 0 Å². The molecule has 166 valence electrons. The van der Waals surface area contributed by atoms with E-state index < -0.39 is 18.0 Å². The summed E-state index contributed by atoms with van der Waals surface area (Å²) in [6.07, 6.45) is 3.31. The molecule has 0 aliphatic carbocycles. The standard InChI is InChI=1S/C21H24FN3O6/c22-19-9-15(25-17(13-30-21(25)28)12-29-20-5-8-31-23-20)1-2-18(19)14-3-6-24(7-4-14)16(10-26)11-27/h1-3,5,8-9,16-17,26-27H,4,6-7,10-13H2/t17-/m1/s1. The Kier molecular flexibility index (Phi) is 6.50. The van der Waals surface area contributed by atoms with Crippen LogP contribution in [0.5, 0.6) is 5.88 Å². The van der Waals surface area contributed by atoms with Crippen molar-refractivity contribution >= 4 is 17.4 Å². The third-order valence-electron chi connectivity index (χ3n) is 5.55. The minimum Gasteiger partial charge on any atom is -0.473 e. The van der Waals surface area contributed by atoms with Gasteiger partial charge in [-0.15, -0.1) is 0 Å². The van der Waals surface area contributed by atoms with E-state index in [4.69, 9.17) is 14.0 Å². The van der Waals surface area contributed by atoms with Crippen LogP contribution in [0.2, 0.25) is 0 Å². The van der Waals surface area contributed by atoms with Crippen molar-refractivity contribution in [3.05, 3.63) is 48.0 Å². The highest BCUT2D eigenvalue weighted by Crippen LogP contribution is 2.30. The van der Waals surface area contributed by atoms with Gasteiger partial charge in [0.15, 0.2) is 0 Å². The van der Waals surface area contributed by atoms with Crippen LogP contribution in [0.25, 0.3) is 5.57 Å². The van der Waals surface area contributed by atoms with Gasteiger partial charge in [-0.25, -0.2) is 9.18 Å². The van der Waals surface area contributed by atoms with Crippen molar-refractivity contribution in [3.63, 3.8) is 0 Å². The molecule has 1 fully saturated rings. The molecule has 1 aromatic heterocycles. The van der Waals surface area contributed by atoms with Crippen molar-refractivity contribution in [1.82, 2.24) is 10.1 Å². The van der Waals surface area contributed by atoms with E-state index in [1.807, 2.05) is 11.0 Å². The Labute approximate surface area is 178 Å². The van der Waals surface area contributed by atoms with Crippen LogP contribution in [-0.2, 0) is 4.74 Å². The first kappa shape index (κ1) is 21.3. The number of aliphatic hydroxyl groups is 2. The molecule has 0 bridgehead atoms. The van der Waals surface area contributed by atoms with Crippen molar-refractivity contribution < 1.29 is 33.4 Å². The third kappa shape index (κ3) is 4.55. The van der Waals surface area contributed by atoms with E-state index in [1.54, 1.807) is 18.2 Å². The maximum Gasteiger partial charge on any atom is 0.414 e. The van der Waals surface area contributed by atoms with Gasteiger partial charge in [-0.1, -0.05) is 6.08 Å². The largest absolute Gasteiger partial charge is 0.473 e. The van der Waals surface area contributed by atoms with Gasteiger partial charge in [0.05, 0.1) is 24.9 Å². The Balaban J connectivity index is 1.47. The first-order valence-electron chi connectivity index (χ1n) is 10.0. The monoisotopic (exact) mass is 433 g/mol. The summed E-state index contributed by atoms with van der Waals surface area (Å²) in [6, 6.07) is 5.48. The quantitative estimate of drug-likeness (QED) is 0.647. The molecular weight excluding hydrogens is 409 g/mol. The third-order valence-corrected chi connectivity index (χ3v) is 5.55. The molecule has 31 heavy (non-hydrogen) atoms. The highest BCUT2D eigenvalue weighted by molar-refractivity contribution is 5.90. The van der Waals surface area contributed by atoms with Crippen LogP contribution in [0.15, 0.2) is 41.1 Å². The molecule has 0 unspecified atom stereocenters. The Morgan fingerprint density at radius 2 is 2.13 bits per heavy atom. The van der Waals surface area contributed by atoms with E-state index >= 15 is 0 Å². The van der Waals surface area contributed by atoms with E-state index in [0.717, 1.165) is 5.57 Å². The number of anilines is 1. The summed E-state index contributed by atoms with van der Waals surface area (Å²) in [7, 11) is 0. The Morgan fingerprint density at radius 1 is 1.29 bits per heavy atom. The number of cyclic esters (lactones) is 1. The number of carbonyl (C=O) groups is 1. The van der Waals surface area contributed by atoms with Gasteiger partial charge >= 0.3 is 6.09 Å². The number of aliphatic hydroxyl groups excluding tert-OH is 2. The first-order valence-corrected chi connectivity index (χ1v) is 10.0. The summed E-state index contributed by atoms with van der Waals surface area (Å²) >= 11 is 0. The lowest BCUT2D eigenvalue weighted by Gasteiger charge is -2.32. The SMILES string of the molecule is O=C1OC[C@@H](COc2ccon2)N1c1ccc(C2=CCN(C(CO)CO)CC2)c(F)c1. The minimum atomic E-state index is -0.563. The van der Waals surface area contributed by atoms with Crippen LogP contribution in [-0.4, -0.2) is 78.0 Å². The molecule has 2 aliphatic rings. The van der Waals surface area contributed by atoms with Crippen LogP contribution in [0.3, 0.4) is 0 Å². The second-order valence-corrected chi connectivity index (χ2v) is 7.41. The van der Waals surface area contributed by atoms with E-state index in [-0.39, 0.29) is 32.5 Å². The predicted octanol–water partition coefficient (Wildman–Crippen LogP) is 1.66. The van der Waals surface area contributed by atoms with E-state index in [2.05, 4.69) is 5.16 Å². The Morgan fingerprint density at radius 3 is 2.77 bits per heavy atom. The first-order chi connectivity index (χ1) is 15.1. The number of halogens is 1. The summed E-state index contributed by atoms with van der Waals surface area (Å²) < 4.78 is 30.3. The van der Waals surface area contributed by atoms with Gasteiger partial charge in [-0.3, -0.25) is 9.80 Å². The normalized spacial score (nSPS) is 19.6. The molecule has 0 spiro atoms. The summed E-state index contributed by atoms with van der Waals surface area (Å²) in [5, 5.41) is 22.3. The average Bonchev–Trinajstić information content (AvgIpc) is 3.43. The molecule has 2 N–H and O–H groups in total. The smallest absolute Gasteiger partial charge is 0.414 e. The molecule has 0 saturated carbocycles. The molecule has 1 aromatic carbocycles. The molecule has 9 nitrogen and oxygen atoms in total. The second kappa shape index (κ2) is 9.46. The van der Waals surface area contributed by atoms with E-state index in [1.165, 1.54) is 17.2 Å². The molecule has 1 atom stereocenters. The van der Waals surface area contributed by atoms with Crippen molar-refractivity contribution in [3.8, 4) is 5.88 Å². The second-order valence-electron chi connectivity index (χ2n) is 7.41. The maximum absolute atomic E-state index is 15.0. The molecule has 2 aliphatic heterocycles. The van der Waals surface area contributed by atoms with Crippen LogP contribution in [0.4, 0.5) is 14.9 Å². The summed E-state index contributed by atoms with van der Waals surface area (Å²) in [5.74, 6) is -0.141.